The number of nitrogens with one attached hydrogen (secondary N) is 2. The Morgan fingerprint density at radius 1 is 1.43 bits per heavy atom. The summed E-state index contributed by atoms with van der Waals surface area (Å²) in [4.78, 5) is 11.0. The second kappa shape index (κ2) is 6.22. The Morgan fingerprint density at radius 2 is 2.29 bits per heavy atom. The van der Waals surface area contributed by atoms with Gasteiger partial charge in [0.2, 0.25) is 0 Å². The van der Waals surface area contributed by atoms with E-state index in [1.807, 2.05) is 18.2 Å². The maximum absolute atomic E-state index is 11.0. The lowest BCUT2D eigenvalue weighted by Gasteiger charge is -2.15. The van der Waals surface area contributed by atoms with Crippen LogP contribution in [0, 0.1) is 0 Å². The monoisotopic (exact) mass is 292 g/mol. The van der Waals surface area contributed by atoms with Crippen molar-refractivity contribution in [3.63, 3.8) is 0 Å². The van der Waals surface area contributed by atoms with Gasteiger partial charge in [-0.1, -0.05) is 6.07 Å². The molecule has 21 heavy (non-hydrogen) atoms. The molecule has 1 atom stereocenters. The molecule has 114 valence electrons. The summed E-state index contributed by atoms with van der Waals surface area (Å²) in [5, 5.41) is 6.08. The van der Waals surface area contributed by atoms with E-state index in [-0.39, 0.29) is 12.2 Å². The van der Waals surface area contributed by atoms with Crippen LogP contribution >= 0.6 is 0 Å². The topological polar surface area (TPSA) is 68.8 Å². The van der Waals surface area contributed by atoms with Crippen molar-refractivity contribution in [1.29, 1.82) is 0 Å². The summed E-state index contributed by atoms with van der Waals surface area (Å²) in [6.45, 7) is 1.59. The number of rotatable bonds is 7. The Hall–Kier alpha value is -1.95. The van der Waals surface area contributed by atoms with E-state index in [2.05, 4.69) is 10.6 Å². The summed E-state index contributed by atoms with van der Waals surface area (Å²) in [5.41, 5.74) is 1.08. The van der Waals surface area contributed by atoms with Crippen LogP contribution in [0.25, 0.3) is 0 Å². The predicted molar refractivity (Wildman–Crippen MR) is 76.6 cm³/mol. The molecular formula is C15H20N2O4. The highest BCUT2D eigenvalue weighted by Gasteiger charge is 2.24. The number of hydrogen-bond donors (Lipinski definition) is 2. The summed E-state index contributed by atoms with van der Waals surface area (Å²) < 4.78 is 16.1. The van der Waals surface area contributed by atoms with Crippen molar-refractivity contribution in [2.45, 2.75) is 31.5 Å². The van der Waals surface area contributed by atoms with Gasteiger partial charge in [-0.15, -0.1) is 0 Å². The van der Waals surface area contributed by atoms with Crippen LogP contribution in [0.3, 0.4) is 0 Å². The van der Waals surface area contributed by atoms with Crippen LogP contribution in [0.4, 0.5) is 4.79 Å². The number of hydrogen-bond acceptors (Lipinski definition) is 5. The van der Waals surface area contributed by atoms with Crippen molar-refractivity contribution in [3.8, 4) is 11.5 Å². The standard InChI is InChI=1S/C15H20N2O4/c1-19-12-5-2-10(7-16-11-3-4-11)14(6-12)20-9-13-8-17-15(18)21-13/h2,5-6,11,13,16H,3-4,7-9H2,1H3,(H,17,18). The fourth-order valence-corrected chi connectivity index (χ4v) is 2.19. The third-order valence-corrected chi connectivity index (χ3v) is 3.61. The van der Waals surface area contributed by atoms with Gasteiger partial charge in [-0.05, 0) is 18.9 Å². The van der Waals surface area contributed by atoms with Crippen molar-refractivity contribution in [3.05, 3.63) is 23.8 Å². The molecule has 1 unspecified atom stereocenters. The molecule has 1 saturated carbocycles. The molecule has 6 heteroatoms. The van der Waals surface area contributed by atoms with Gasteiger partial charge in [0.05, 0.1) is 13.7 Å². The lowest BCUT2D eigenvalue weighted by Crippen LogP contribution is -2.23. The summed E-state index contributed by atoms with van der Waals surface area (Å²) in [5.74, 6) is 1.52. The van der Waals surface area contributed by atoms with Gasteiger partial charge in [-0.25, -0.2) is 4.79 Å². The fourth-order valence-electron chi connectivity index (χ4n) is 2.19. The first-order chi connectivity index (χ1) is 10.2. The first kappa shape index (κ1) is 14.0. The quantitative estimate of drug-likeness (QED) is 0.796. The van der Waals surface area contributed by atoms with E-state index in [1.165, 1.54) is 12.8 Å². The SMILES string of the molecule is COc1ccc(CNC2CC2)c(OCC2CNC(=O)O2)c1. The van der Waals surface area contributed by atoms with Gasteiger partial charge in [-0.2, -0.15) is 0 Å². The van der Waals surface area contributed by atoms with Crippen LogP contribution in [0.2, 0.25) is 0 Å². The van der Waals surface area contributed by atoms with E-state index >= 15 is 0 Å². The van der Waals surface area contributed by atoms with Crippen molar-refractivity contribution in [2.24, 2.45) is 0 Å². The third kappa shape index (κ3) is 3.78. The molecule has 1 saturated heterocycles. The van der Waals surface area contributed by atoms with Gasteiger partial charge in [0.1, 0.15) is 18.1 Å². The number of carbonyl (C=O) groups excluding carboxylic acids is 1. The molecular weight excluding hydrogens is 272 g/mol. The van der Waals surface area contributed by atoms with E-state index in [0.29, 0.717) is 19.2 Å². The van der Waals surface area contributed by atoms with E-state index in [0.717, 1.165) is 23.6 Å². The van der Waals surface area contributed by atoms with Gasteiger partial charge < -0.3 is 24.8 Å². The van der Waals surface area contributed by atoms with Crippen molar-refractivity contribution in [2.75, 3.05) is 20.3 Å². The summed E-state index contributed by atoms with van der Waals surface area (Å²) in [6.07, 6.45) is 1.87. The minimum atomic E-state index is -0.384. The zero-order valence-electron chi connectivity index (χ0n) is 12.1. The average molecular weight is 292 g/mol. The smallest absolute Gasteiger partial charge is 0.407 e. The number of cyclic esters (lactones) is 1. The summed E-state index contributed by atoms with van der Waals surface area (Å²) in [7, 11) is 1.63. The molecule has 0 aromatic heterocycles. The van der Waals surface area contributed by atoms with Gasteiger partial charge >= 0.3 is 6.09 Å². The predicted octanol–water partition coefficient (Wildman–Crippen LogP) is 1.43. The number of methoxy groups -OCH3 is 1. The van der Waals surface area contributed by atoms with Crippen LogP contribution in [0.5, 0.6) is 11.5 Å². The third-order valence-electron chi connectivity index (χ3n) is 3.61. The number of amides is 1. The molecule has 2 fully saturated rings. The van der Waals surface area contributed by atoms with Gasteiger partial charge in [0, 0.05) is 24.2 Å². The van der Waals surface area contributed by atoms with Gasteiger partial charge in [0.15, 0.2) is 6.10 Å². The molecule has 1 amide bonds. The van der Waals surface area contributed by atoms with E-state index in [1.54, 1.807) is 7.11 Å². The summed E-state index contributed by atoms with van der Waals surface area (Å²) >= 11 is 0. The van der Waals surface area contributed by atoms with E-state index < -0.39 is 0 Å². The molecule has 1 aromatic carbocycles. The fraction of sp³-hybridized carbons (Fsp3) is 0.533. The zero-order valence-corrected chi connectivity index (χ0v) is 12.1. The highest BCUT2D eigenvalue weighted by atomic mass is 16.6. The molecule has 1 aromatic rings. The second-order valence-electron chi connectivity index (χ2n) is 5.35. The maximum Gasteiger partial charge on any atom is 0.407 e. The number of ether oxygens (including phenoxy) is 3. The molecule has 6 nitrogen and oxygen atoms in total. The second-order valence-corrected chi connectivity index (χ2v) is 5.35. The van der Waals surface area contributed by atoms with Gasteiger partial charge in [-0.3, -0.25) is 0 Å². The molecule has 1 aliphatic carbocycles. The average Bonchev–Trinajstić information content (AvgIpc) is 3.24. The first-order valence-corrected chi connectivity index (χ1v) is 7.22. The van der Waals surface area contributed by atoms with Crippen LogP contribution in [-0.2, 0) is 11.3 Å². The normalized spacial score (nSPS) is 20.8. The zero-order chi connectivity index (χ0) is 14.7. The highest BCUT2D eigenvalue weighted by molar-refractivity contribution is 5.69. The molecule has 2 aliphatic rings. The Balaban J connectivity index is 1.63. The van der Waals surface area contributed by atoms with Gasteiger partial charge in [0.25, 0.3) is 0 Å². The molecule has 1 heterocycles. The lowest BCUT2D eigenvalue weighted by molar-refractivity contribution is 0.104. The lowest BCUT2D eigenvalue weighted by atomic mass is 10.2. The minimum Gasteiger partial charge on any atom is -0.497 e. The van der Waals surface area contributed by atoms with Crippen LogP contribution in [-0.4, -0.2) is 38.5 Å². The van der Waals surface area contributed by atoms with Crippen molar-refractivity contribution >= 4 is 6.09 Å². The van der Waals surface area contributed by atoms with Crippen molar-refractivity contribution in [1.82, 2.24) is 10.6 Å². The molecule has 1 aliphatic heterocycles. The summed E-state index contributed by atoms with van der Waals surface area (Å²) in [6, 6.07) is 6.43. The largest absolute Gasteiger partial charge is 0.497 e. The number of benzene rings is 1. The Labute approximate surface area is 123 Å². The van der Waals surface area contributed by atoms with Crippen molar-refractivity contribution < 1.29 is 19.0 Å². The maximum atomic E-state index is 11.0. The van der Waals surface area contributed by atoms with E-state index in [4.69, 9.17) is 14.2 Å². The molecule has 2 N–H and O–H groups in total. The Kier molecular flexibility index (Phi) is 4.15. The molecule has 0 radical (unpaired) electrons. The van der Waals surface area contributed by atoms with E-state index in [9.17, 15) is 4.79 Å². The molecule has 3 rings (SSSR count). The number of alkyl carbamates (subject to hydrolysis) is 1. The highest BCUT2D eigenvalue weighted by Crippen LogP contribution is 2.27. The van der Waals surface area contributed by atoms with Crippen LogP contribution in [0.1, 0.15) is 18.4 Å². The molecule has 0 spiro atoms. The Morgan fingerprint density at radius 3 is 2.95 bits per heavy atom. The molecule has 0 bridgehead atoms. The van der Waals surface area contributed by atoms with Crippen LogP contribution < -0.4 is 20.1 Å². The van der Waals surface area contributed by atoms with Crippen LogP contribution in [0.15, 0.2) is 18.2 Å². The minimum absolute atomic E-state index is 0.243. The Bertz CT molecular complexity index is 516. The first-order valence-electron chi connectivity index (χ1n) is 7.22. The number of carbonyl (C=O) groups is 1.